The molecule has 1 saturated carbocycles. The van der Waals surface area contributed by atoms with Crippen molar-refractivity contribution < 1.29 is 14.3 Å². The van der Waals surface area contributed by atoms with E-state index in [0.29, 0.717) is 17.4 Å². The molecule has 1 aliphatic carbocycles. The van der Waals surface area contributed by atoms with E-state index in [0.717, 1.165) is 51.7 Å². The molecular formula is C20H34N2O3. The lowest BCUT2D eigenvalue weighted by Gasteiger charge is -2.41. The fraction of sp³-hybridized carbons (Fsp3) is 0.950. The van der Waals surface area contributed by atoms with E-state index in [1.165, 1.54) is 45.2 Å². The molecule has 25 heavy (non-hydrogen) atoms. The summed E-state index contributed by atoms with van der Waals surface area (Å²) in [6.45, 7) is 6.75. The zero-order valence-electron chi connectivity index (χ0n) is 15.8. The maximum atomic E-state index is 12.8. The maximum Gasteiger partial charge on any atom is 0.225 e. The van der Waals surface area contributed by atoms with Crippen LogP contribution in [0.2, 0.25) is 0 Å². The van der Waals surface area contributed by atoms with Gasteiger partial charge < -0.3 is 14.4 Å². The van der Waals surface area contributed by atoms with Crippen molar-refractivity contribution in [2.45, 2.75) is 51.0 Å². The van der Waals surface area contributed by atoms with Gasteiger partial charge in [-0.1, -0.05) is 0 Å². The fourth-order valence-corrected chi connectivity index (χ4v) is 5.22. The summed E-state index contributed by atoms with van der Waals surface area (Å²) in [7, 11) is 1.83. The molecule has 0 aromatic heterocycles. The van der Waals surface area contributed by atoms with E-state index in [1.54, 1.807) is 0 Å². The second-order valence-electron chi connectivity index (χ2n) is 8.90. The van der Waals surface area contributed by atoms with Gasteiger partial charge in [-0.05, 0) is 56.3 Å². The normalized spacial score (nSPS) is 30.9. The number of hydrogen-bond acceptors (Lipinski definition) is 4. The van der Waals surface area contributed by atoms with Crippen LogP contribution < -0.4 is 0 Å². The van der Waals surface area contributed by atoms with Crippen molar-refractivity contribution in [3.63, 3.8) is 0 Å². The van der Waals surface area contributed by atoms with Crippen molar-refractivity contribution >= 4 is 5.91 Å². The Morgan fingerprint density at radius 1 is 1.16 bits per heavy atom. The van der Waals surface area contributed by atoms with Crippen LogP contribution in [0.4, 0.5) is 0 Å². The second-order valence-corrected chi connectivity index (χ2v) is 8.90. The fourth-order valence-electron chi connectivity index (χ4n) is 5.22. The number of piperidine rings is 1. The molecule has 3 aliphatic heterocycles. The summed E-state index contributed by atoms with van der Waals surface area (Å²) in [5.41, 5.74) is 0.421. The molecule has 142 valence electrons. The van der Waals surface area contributed by atoms with Crippen molar-refractivity contribution in [2.24, 2.45) is 17.3 Å². The van der Waals surface area contributed by atoms with E-state index >= 15 is 0 Å². The Hall–Kier alpha value is -0.650. The van der Waals surface area contributed by atoms with Gasteiger partial charge >= 0.3 is 0 Å². The van der Waals surface area contributed by atoms with Crippen LogP contribution in [0.1, 0.15) is 44.9 Å². The van der Waals surface area contributed by atoms with E-state index in [2.05, 4.69) is 9.80 Å². The summed E-state index contributed by atoms with van der Waals surface area (Å²) in [6, 6.07) is 0.586. The van der Waals surface area contributed by atoms with Gasteiger partial charge in [0.25, 0.3) is 0 Å². The molecule has 1 atom stereocenters. The van der Waals surface area contributed by atoms with E-state index < -0.39 is 0 Å². The molecule has 5 heteroatoms. The lowest BCUT2D eigenvalue weighted by atomic mass is 9.76. The Bertz CT molecular complexity index is 466. The first-order valence-corrected chi connectivity index (χ1v) is 10.3. The number of carbonyl (C=O) groups excluding carboxylic acids is 1. The highest BCUT2D eigenvalue weighted by atomic mass is 16.5. The summed E-state index contributed by atoms with van der Waals surface area (Å²) in [5, 5.41) is 0. The third kappa shape index (κ3) is 4.04. The monoisotopic (exact) mass is 350 g/mol. The maximum absolute atomic E-state index is 12.8. The first-order chi connectivity index (χ1) is 12.2. The van der Waals surface area contributed by atoms with Crippen molar-refractivity contribution in [1.82, 2.24) is 9.80 Å². The molecule has 4 rings (SSSR count). The summed E-state index contributed by atoms with van der Waals surface area (Å²) in [4.78, 5) is 17.6. The largest absolute Gasteiger partial charge is 0.383 e. The molecule has 4 fully saturated rings. The van der Waals surface area contributed by atoms with Gasteiger partial charge in [0.1, 0.15) is 0 Å². The standard InChI is InChI=1S/C20H34N2O3/c1-24-14-18-12-20(15-22(18)13-16-2-3-16)6-8-21(9-7-20)19(23)17-4-10-25-11-5-17/h16-18H,2-15H2,1H3/t18-/m0/s1. The molecule has 5 nitrogen and oxygen atoms in total. The van der Waals surface area contributed by atoms with E-state index in [9.17, 15) is 4.79 Å². The summed E-state index contributed by atoms with van der Waals surface area (Å²) in [5.74, 6) is 1.53. The lowest BCUT2D eigenvalue weighted by molar-refractivity contribution is -0.140. The molecular weight excluding hydrogens is 316 g/mol. The minimum Gasteiger partial charge on any atom is -0.383 e. The average Bonchev–Trinajstić information content (AvgIpc) is 3.40. The summed E-state index contributed by atoms with van der Waals surface area (Å²) < 4.78 is 10.9. The first-order valence-electron chi connectivity index (χ1n) is 10.3. The topological polar surface area (TPSA) is 42.0 Å². The van der Waals surface area contributed by atoms with E-state index in [-0.39, 0.29) is 5.92 Å². The molecule has 0 bridgehead atoms. The van der Waals surface area contributed by atoms with Gasteiger partial charge in [-0.15, -0.1) is 0 Å². The molecule has 1 spiro atoms. The summed E-state index contributed by atoms with van der Waals surface area (Å²) in [6.07, 6.45) is 8.24. The minimum atomic E-state index is 0.207. The highest BCUT2D eigenvalue weighted by Crippen LogP contribution is 2.45. The number of ether oxygens (including phenoxy) is 2. The van der Waals surface area contributed by atoms with Crippen molar-refractivity contribution in [2.75, 3.05) is 53.1 Å². The van der Waals surface area contributed by atoms with E-state index in [1.807, 2.05) is 7.11 Å². The van der Waals surface area contributed by atoms with Crippen molar-refractivity contribution in [1.29, 1.82) is 0 Å². The summed E-state index contributed by atoms with van der Waals surface area (Å²) >= 11 is 0. The van der Waals surface area contributed by atoms with Crippen LogP contribution >= 0.6 is 0 Å². The predicted molar refractivity (Wildman–Crippen MR) is 96.4 cm³/mol. The van der Waals surface area contributed by atoms with Crippen LogP contribution in [0.25, 0.3) is 0 Å². The Kier molecular flexibility index (Phi) is 5.35. The Labute approximate surface area is 152 Å². The van der Waals surface area contributed by atoms with Gasteiger partial charge in [0, 0.05) is 58.5 Å². The molecule has 3 saturated heterocycles. The SMILES string of the molecule is COC[C@@H]1CC2(CCN(C(=O)C3CCOCC3)CC2)CN1CC1CC1. The van der Waals surface area contributed by atoms with Crippen LogP contribution in [0, 0.1) is 17.3 Å². The van der Waals surface area contributed by atoms with Crippen molar-refractivity contribution in [3.8, 4) is 0 Å². The van der Waals surface area contributed by atoms with Crippen LogP contribution in [0.3, 0.4) is 0 Å². The molecule has 4 aliphatic rings. The number of rotatable bonds is 5. The second kappa shape index (κ2) is 7.53. The zero-order valence-corrected chi connectivity index (χ0v) is 15.8. The minimum absolute atomic E-state index is 0.207. The van der Waals surface area contributed by atoms with Gasteiger partial charge in [0.15, 0.2) is 0 Å². The Morgan fingerprint density at radius 2 is 1.88 bits per heavy atom. The van der Waals surface area contributed by atoms with Crippen molar-refractivity contribution in [3.05, 3.63) is 0 Å². The van der Waals surface area contributed by atoms with Gasteiger partial charge in [-0.2, -0.15) is 0 Å². The van der Waals surface area contributed by atoms with Gasteiger partial charge in [-0.25, -0.2) is 0 Å². The number of hydrogen-bond donors (Lipinski definition) is 0. The van der Waals surface area contributed by atoms with Gasteiger partial charge in [-0.3, -0.25) is 9.69 Å². The molecule has 1 amide bonds. The molecule has 0 N–H and O–H groups in total. The highest BCUT2D eigenvalue weighted by molar-refractivity contribution is 5.79. The van der Waals surface area contributed by atoms with Crippen LogP contribution in [-0.2, 0) is 14.3 Å². The van der Waals surface area contributed by atoms with Crippen LogP contribution in [-0.4, -0.2) is 74.9 Å². The zero-order chi connectivity index (χ0) is 17.3. The Balaban J connectivity index is 1.33. The predicted octanol–water partition coefficient (Wildman–Crippen LogP) is 2.15. The third-order valence-corrected chi connectivity index (χ3v) is 6.98. The van der Waals surface area contributed by atoms with Gasteiger partial charge in [0.2, 0.25) is 5.91 Å². The molecule has 0 unspecified atom stereocenters. The van der Waals surface area contributed by atoms with Gasteiger partial charge in [0.05, 0.1) is 6.61 Å². The average molecular weight is 351 g/mol. The number of methoxy groups -OCH3 is 1. The molecule has 3 heterocycles. The smallest absolute Gasteiger partial charge is 0.225 e. The highest BCUT2D eigenvalue weighted by Gasteiger charge is 2.47. The number of carbonyl (C=O) groups is 1. The molecule has 0 radical (unpaired) electrons. The first kappa shape index (κ1) is 17.7. The molecule has 0 aromatic carbocycles. The third-order valence-electron chi connectivity index (χ3n) is 6.98. The number of amides is 1. The van der Waals surface area contributed by atoms with Crippen LogP contribution in [0.5, 0.6) is 0 Å². The quantitative estimate of drug-likeness (QED) is 0.762. The van der Waals surface area contributed by atoms with E-state index in [4.69, 9.17) is 9.47 Å². The lowest BCUT2D eigenvalue weighted by Crippen LogP contribution is -2.47. The number of likely N-dealkylation sites (tertiary alicyclic amines) is 2. The number of nitrogens with zero attached hydrogens (tertiary/aromatic N) is 2. The Morgan fingerprint density at radius 3 is 2.52 bits per heavy atom. The molecule has 0 aromatic rings. The van der Waals surface area contributed by atoms with Crippen LogP contribution in [0.15, 0.2) is 0 Å².